The van der Waals surface area contributed by atoms with Gasteiger partial charge in [-0.25, -0.2) is 37.1 Å². The van der Waals surface area contributed by atoms with Crippen LogP contribution < -0.4 is 10.0 Å². The Hall–Kier alpha value is -4.39. The molecular formula is C26H15Cl2F2N7O2S. The van der Waals surface area contributed by atoms with Crippen molar-refractivity contribution in [2.75, 3.05) is 10.0 Å². The predicted octanol–water partition coefficient (Wildman–Crippen LogP) is 6.49. The number of para-hydroxylation sites is 2. The van der Waals surface area contributed by atoms with E-state index in [0.29, 0.717) is 11.3 Å². The molecule has 0 saturated heterocycles. The predicted molar refractivity (Wildman–Crippen MR) is 149 cm³/mol. The van der Waals surface area contributed by atoms with E-state index in [0.717, 1.165) is 29.2 Å². The molecule has 3 aromatic carbocycles. The molecule has 0 amide bonds. The van der Waals surface area contributed by atoms with Crippen LogP contribution in [0.1, 0.15) is 0 Å². The number of aromatic nitrogens is 5. The Bertz CT molecular complexity index is 2060. The normalized spacial score (nSPS) is 11.7. The first kappa shape index (κ1) is 25.9. The summed E-state index contributed by atoms with van der Waals surface area (Å²) in [6.07, 6.45) is 2.82. The van der Waals surface area contributed by atoms with E-state index in [1.54, 1.807) is 23.0 Å². The fourth-order valence-electron chi connectivity index (χ4n) is 4.04. The zero-order valence-corrected chi connectivity index (χ0v) is 22.3. The van der Waals surface area contributed by atoms with Gasteiger partial charge >= 0.3 is 0 Å². The first-order chi connectivity index (χ1) is 19.2. The average molecular weight is 598 g/mol. The van der Waals surface area contributed by atoms with Gasteiger partial charge in [-0.2, -0.15) is 0 Å². The van der Waals surface area contributed by atoms with E-state index in [1.807, 2.05) is 24.3 Å². The maximum atomic E-state index is 15.6. The number of nitrogens with zero attached hydrogens (tertiary/aromatic N) is 5. The molecule has 40 heavy (non-hydrogen) atoms. The Morgan fingerprint density at radius 1 is 0.875 bits per heavy atom. The highest BCUT2D eigenvalue weighted by Crippen LogP contribution is 2.33. The lowest BCUT2D eigenvalue weighted by Crippen LogP contribution is -2.15. The number of anilines is 3. The van der Waals surface area contributed by atoms with E-state index in [4.69, 9.17) is 23.2 Å². The minimum absolute atomic E-state index is 0.00744. The van der Waals surface area contributed by atoms with Gasteiger partial charge in [0, 0.05) is 5.02 Å². The van der Waals surface area contributed by atoms with Crippen molar-refractivity contribution in [3.8, 4) is 5.82 Å². The third-order valence-corrected chi connectivity index (χ3v) is 8.01. The Morgan fingerprint density at radius 3 is 2.55 bits per heavy atom. The summed E-state index contributed by atoms with van der Waals surface area (Å²) in [6, 6.07) is 16.5. The summed E-state index contributed by atoms with van der Waals surface area (Å²) in [4.78, 5) is 16.9. The van der Waals surface area contributed by atoms with Crippen LogP contribution in [-0.4, -0.2) is 32.9 Å². The van der Waals surface area contributed by atoms with Gasteiger partial charge in [0.25, 0.3) is 10.0 Å². The second kappa shape index (κ2) is 9.97. The van der Waals surface area contributed by atoms with Crippen molar-refractivity contribution >= 4 is 72.5 Å². The van der Waals surface area contributed by atoms with Crippen molar-refractivity contribution in [1.29, 1.82) is 0 Å². The maximum Gasteiger partial charge on any atom is 0.263 e. The number of imidazole rings is 1. The van der Waals surface area contributed by atoms with Crippen molar-refractivity contribution in [3.63, 3.8) is 0 Å². The van der Waals surface area contributed by atoms with Crippen molar-refractivity contribution in [2.24, 2.45) is 0 Å². The SMILES string of the molecule is O=S(=O)(Nc1ccc(F)c(Nc2ncnc3ccc(-n4cnc5ccccc54)nc23)c1F)c1cc(Cl)ccc1Cl. The van der Waals surface area contributed by atoms with Gasteiger partial charge in [-0.15, -0.1) is 0 Å². The van der Waals surface area contributed by atoms with Gasteiger partial charge in [0.2, 0.25) is 0 Å². The number of sulfonamides is 1. The lowest BCUT2D eigenvalue weighted by Gasteiger charge is -2.15. The van der Waals surface area contributed by atoms with Crippen LogP contribution in [-0.2, 0) is 10.0 Å². The highest BCUT2D eigenvalue weighted by atomic mass is 35.5. The van der Waals surface area contributed by atoms with Gasteiger partial charge in [0.05, 0.1) is 27.3 Å². The van der Waals surface area contributed by atoms with Crippen molar-refractivity contribution in [2.45, 2.75) is 4.90 Å². The summed E-state index contributed by atoms with van der Waals surface area (Å²) in [5, 5.41) is 2.59. The van der Waals surface area contributed by atoms with Gasteiger partial charge < -0.3 is 5.32 Å². The van der Waals surface area contributed by atoms with E-state index in [1.165, 1.54) is 18.5 Å². The fraction of sp³-hybridized carbons (Fsp3) is 0. The second-order valence-electron chi connectivity index (χ2n) is 8.45. The minimum atomic E-state index is -4.38. The zero-order valence-electron chi connectivity index (χ0n) is 20.0. The van der Waals surface area contributed by atoms with Crippen LogP contribution in [0.5, 0.6) is 0 Å². The van der Waals surface area contributed by atoms with E-state index in [2.05, 4.69) is 30.0 Å². The van der Waals surface area contributed by atoms with Gasteiger partial charge in [0.1, 0.15) is 40.4 Å². The molecule has 0 aliphatic rings. The molecule has 0 fully saturated rings. The molecule has 6 rings (SSSR count). The maximum absolute atomic E-state index is 15.6. The summed E-state index contributed by atoms with van der Waals surface area (Å²) in [5.74, 6) is -1.75. The molecule has 14 heteroatoms. The molecule has 0 atom stereocenters. The topological polar surface area (TPSA) is 115 Å². The first-order valence-corrected chi connectivity index (χ1v) is 13.7. The third kappa shape index (κ3) is 4.66. The summed E-state index contributed by atoms with van der Waals surface area (Å²) in [7, 11) is -4.38. The molecule has 0 unspecified atom stereocenters. The van der Waals surface area contributed by atoms with Crippen LogP contribution in [0.4, 0.5) is 26.0 Å². The number of halogens is 4. The third-order valence-electron chi connectivity index (χ3n) is 5.93. The molecule has 0 aliphatic carbocycles. The number of hydrogen-bond donors (Lipinski definition) is 2. The molecule has 0 bridgehead atoms. The zero-order chi connectivity index (χ0) is 28.0. The molecule has 6 aromatic rings. The van der Waals surface area contributed by atoms with E-state index in [9.17, 15) is 12.8 Å². The first-order valence-electron chi connectivity index (χ1n) is 11.5. The van der Waals surface area contributed by atoms with Crippen LogP contribution in [0.25, 0.3) is 27.9 Å². The number of nitrogens with one attached hydrogen (secondary N) is 2. The highest BCUT2D eigenvalue weighted by Gasteiger charge is 2.23. The summed E-state index contributed by atoms with van der Waals surface area (Å²) >= 11 is 11.9. The lowest BCUT2D eigenvalue weighted by atomic mass is 10.2. The molecular weight excluding hydrogens is 583 g/mol. The van der Waals surface area contributed by atoms with Crippen LogP contribution in [0, 0.1) is 11.6 Å². The Morgan fingerprint density at radius 2 is 1.70 bits per heavy atom. The minimum Gasteiger partial charge on any atom is -0.333 e. The molecule has 3 heterocycles. The monoisotopic (exact) mass is 597 g/mol. The van der Waals surface area contributed by atoms with E-state index < -0.39 is 33.0 Å². The van der Waals surface area contributed by atoms with Crippen LogP contribution in [0.2, 0.25) is 10.0 Å². The van der Waals surface area contributed by atoms with Crippen LogP contribution in [0.3, 0.4) is 0 Å². The molecule has 3 aromatic heterocycles. The molecule has 0 saturated carbocycles. The Labute approximate surface area is 235 Å². The standard InChI is InChI=1S/C26H15Cl2F2N7O2S/c27-14-5-6-15(28)21(11-14)40(38,39)36-18-8-7-16(29)24(23(18)30)35-26-25-19(31-12-32-26)9-10-22(34-25)37-13-33-17-3-1-2-4-20(17)37/h1-13,36H,(H,31,32,35). The molecule has 9 nitrogen and oxygen atoms in total. The lowest BCUT2D eigenvalue weighted by molar-refractivity contribution is 0.588. The molecule has 200 valence electrons. The number of pyridine rings is 1. The number of hydrogen-bond acceptors (Lipinski definition) is 7. The summed E-state index contributed by atoms with van der Waals surface area (Å²) in [5.41, 5.74) is 0.994. The van der Waals surface area contributed by atoms with Crippen molar-refractivity contribution in [3.05, 3.63) is 101 Å². The highest BCUT2D eigenvalue weighted by molar-refractivity contribution is 7.92. The number of rotatable bonds is 6. The van der Waals surface area contributed by atoms with Crippen LogP contribution >= 0.6 is 23.2 Å². The van der Waals surface area contributed by atoms with Gasteiger partial charge in [-0.3, -0.25) is 9.29 Å². The quantitative estimate of drug-likeness (QED) is 0.225. The molecule has 0 aliphatic heterocycles. The second-order valence-corrected chi connectivity index (χ2v) is 10.9. The van der Waals surface area contributed by atoms with Crippen molar-refractivity contribution in [1.82, 2.24) is 24.5 Å². The average Bonchev–Trinajstić information content (AvgIpc) is 3.38. The fourth-order valence-corrected chi connectivity index (χ4v) is 5.87. The van der Waals surface area contributed by atoms with Gasteiger partial charge in [-0.1, -0.05) is 35.3 Å². The molecule has 0 spiro atoms. The Kier molecular flexibility index (Phi) is 6.45. The van der Waals surface area contributed by atoms with Crippen LogP contribution in [0.15, 0.2) is 84.3 Å². The largest absolute Gasteiger partial charge is 0.333 e. The summed E-state index contributed by atoms with van der Waals surface area (Å²) < 4.78 is 60.1. The van der Waals surface area contributed by atoms with E-state index >= 15 is 4.39 Å². The molecule has 2 N–H and O–H groups in total. The Balaban J connectivity index is 1.39. The molecule has 0 radical (unpaired) electrons. The number of benzene rings is 3. The van der Waals surface area contributed by atoms with Gasteiger partial charge in [0.15, 0.2) is 11.6 Å². The summed E-state index contributed by atoms with van der Waals surface area (Å²) in [6.45, 7) is 0. The van der Waals surface area contributed by atoms with Gasteiger partial charge in [-0.05, 0) is 54.6 Å². The number of fused-ring (bicyclic) bond motifs is 2. The smallest absolute Gasteiger partial charge is 0.263 e. The van der Waals surface area contributed by atoms with Crippen molar-refractivity contribution < 1.29 is 17.2 Å². The van der Waals surface area contributed by atoms with E-state index in [-0.39, 0.29) is 26.3 Å².